The molecule has 0 saturated carbocycles. The first kappa shape index (κ1) is 11.6. The quantitative estimate of drug-likeness (QED) is 0.807. The van der Waals surface area contributed by atoms with Crippen molar-refractivity contribution < 1.29 is 4.42 Å². The minimum Gasteiger partial charge on any atom is -0.448 e. The van der Waals surface area contributed by atoms with E-state index in [-0.39, 0.29) is 0 Å². The summed E-state index contributed by atoms with van der Waals surface area (Å²) >= 11 is 0. The molecule has 1 aliphatic rings. The fourth-order valence-electron chi connectivity index (χ4n) is 2.09. The summed E-state index contributed by atoms with van der Waals surface area (Å²) in [5.74, 6) is 1.44. The number of likely N-dealkylation sites (N-methyl/N-ethyl adjacent to an activating group) is 1. The van der Waals surface area contributed by atoms with Gasteiger partial charge in [-0.2, -0.15) is 0 Å². The van der Waals surface area contributed by atoms with Crippen LogP contribution in [0.4, 0.5) is 0 Å². The Bertz CT molecular complexity index is 318. The molecule has 2 heterocycles. The third kappa shape index (κ3) is 2.83. The highest BCUT2D eigenvalue weighted by Crippen LogP contribution is 2.24. The van der Waals surface area contributed by atoms with Crippen LogP contribution in [0, 0.1) is 0 Å². The van der Waals surface area contributed by atoms with E-state index < -0.39 is 0 Å². The molecule has 1 saturated heterocycles. The zero-order valence-corrected chi connectivity index (χ0v) is 10.1. The highest BCUT2D eigenvalue weighted by Gasteiger charge is 2.20. The number of nitrogens with zero attached hydrogens (tertiary/aromatic N) is 1. The fourth-order valence-corrected chi connectivity index (χ4v) is 2.09. The van der Waals surface area contributed by atoms with Gasteiger partial charge in [-0.15, -0.1) is 0 Å². The van der Waals surface area contributed by atoms with Crippen molar-refractivity contribution in [2.24, 2.45) is 0 Å². The predicted molar refractivity (Wildman–Crippen MR) is 63.6 cm³/mol. The van der Waals surface area contributed by atoms with E-state index in [0.29, 0.717) is 12.0 Å². The standard InChI is InChI=1S/C12H21N3O/c1-9(13-2)7-11-8-16-12(15-11)10-3-5-14-6-4-10/h8-10,13-14H,3-7H2,1-2H3. The summed E-state index contributed by atoms with van der Waals surface area (Å²) in [5.41, 5.74) is 1.07. The molecule has 16 heavy (non-hydrogen) atoms. The van der Waals surface area contributed by atoms with Gasteiger partial charge in [-0.05, 0) is 39.9 Å². The average Bonchev–Trinajstić information content (AvgIpc) is 2.78. The van der Waals surface area contributed by atoms with E-state index in [9.17, 15) is 0 Å². The normalized spacial score (nSPS) is 19.9. The van der Waals surface area contributed by atoms with Crippen LogP contribution >= 0.6 is 0 Å². The van der Waals surface area contributed by atoms with Crippen molar-refractivity contribution in [3.8, 4) is 0 Å². The van der Waals surface area contributed by atoms with Gasteiger partial charge in [0.25, 0.3) is 0 Å². The van der Waals surface area contributed by atoms with Crippen molar-refractivity contribution in [1.82, 2.24) is 15.6 Å². The SMILES string of the molecule is CNC(C)Cc1coc(C2CCNCC2)n1. The van der Waals surface area contributed by atoms with Gasteiger partial charge < -0.3 is 15.1 Å². The van der Waals surface area contributed by atoms with E-state index in [4.69, 9.17) is 4.42 Å². The number of rotatable bonds is 4. The number of oxazole rings is 1. The number of nitrogens with one attached hydrogen (secondary N) is 2. The molecule has 1 fully saturated rings. The Morgan fingerprint density at radius 1 is 1.56 bits per heavy atom. The van der Waals surface area contributed by atoms with Crippen LogP contribution in [-0.4, -0.2) is 31.2 Å². The first-order valence-electron chi connectivity index (χ1n) is 6.12. The van der Waals surface area contributed by atoms with Crippen molar-refractivity contribution in [1.29, 1.82) is 0 Å². The van der Waals surface area contributed by atoms with Crippen LogP contribution in [-0.2, 0) is 6.42 Å². The maximum Gasteiger partial charge on any atom is 0.197 e. The Labute approximate surface area is 96.8 Å². The summed E-state index contributed by atoms with van der Waals surface area (Å²) in [5, 5.41) is 6.56. The maximum absolute atomic E-state index is 5.58. The molecule has 4 heteroatoms. The van der Waals surface area contributed by atoms with Gasteiger partial charge in [-0.25, -0.2) is 4.98 Å². The van der Waals surface area contributed by atoms with Crippen molar-refractivity contribution in [2.45, 2.75) is 38.1 Å². The molecule has 0 spiro atoms. The van der Waals surface area contributed by atoms with Crippen LogP contribution in [0.15, 0.2) is 10.7 Å². The van der Waals surface area contributed by atoms with E-state index in [1.54, 1.807) is 0 Å². The molecule has 1 aromatic heterocycles. The Morgan fingerprint density at radius 2 is 2.31 bits per heavy atom. The number of hydrogen-bond acceptors (Lipinski definition) is 4. The Hall–Kier alpha value is -0.870. The lowest BCUT2D eigenvalue weighted by Crippen LogP contribution is -2.27. The molecule has 90 valence electrons. The van der Waals surface area contributed by atoms with Gasteiger partial charge in [0.15, 0.2) is 5.89 Å². The van der Waals surface area contributed by atoms with Crippen molar-refractivity contribution in [3.63, 3.8) is 0 Å². The summed E-state index contributed by atoms with van der Waals surface area (Å²) in [4.78, 5) is 4.59. The second kappa shape index (κ2) is 5.46. The second-order valence-corrected chi connectivity index (χ2v) is 4.60. The van der Waals surface area contributed by atoms with Crippen LogP contribution in [0.25, 0.3) is 0 Å². The topological polar surface area (TPSA) is 50.1 Å². The first-order valence-corrected chi connectivity index (χ1v) is 6.12. The van der Waals surface area contributed by atoms with Gasteiger partial charge >= 0.3 is 0 Å². The molecule has 2 N–H and O–H groups in total. The number of hydrogen-bond donors (Lipinski definition) is 2. The van der Waals surface area contributed by atoms with Gasteiger partial charge in [0.2, 0.25) is 0 Å². The van der Waals surface area contributed by atoms with Gasteiger partial charge in [-0.3, -0.25) is 0 Å². The zero-order chi connectivity index (χ0) is 11.4. The van der Waals surface area contributed by atoms with Crippen molar-refractivity contribution in [2.75, 3.05) is 20.1 Å². The van der Waals surface area contributed by atoms with Gasteiger partial charge in [0.1, 0.15) is 6.26 Å². The van der Waals surface area contributed by atoms with Crippen molar-refractivity contribution in [3.05, 3.63) is 17.8 Å². The maximum atomic E-state index is 5.58. The average molecular weight is 223 g/mol. The van der Waals surface area contributed by atoms with E-state index >= 15 is 0 Å². The van der Waals surface area contributed by atoms with Crippen molar-refractivity contribution >= 4 is 0 Å². The Kier molecular flexibility index (Phi) is 3.96. The molecule has 1 aromatic rings. The van der Waals surface area contributed by atoms with Crippen LogP contribution in [0.3, 0.4) is 0 Å². The summed E-state index contributed by atoms with van der Waals surface area (Å²) in [6.45, 7) is 4.31. The smallest absolute Gasteiger partial charge is 0.197 e. The number of piperidine rings is 1. The summed E-state index contributed by atoms with van der Waals surface area (Å²) in [6.07, 6.45) is 5.03. The molecule has 0 amide bonds. The summed E-state index contributed by atoms with van der Waals surface area (Å²) in [6, 6.07) is 0.450. The lowest BCUT2D eigenvalue weighted by atomic mass is 9.98. The lowest BCUT2D eigenvalue weighted by molar-refractivity contribution is 0.374. The summed E-state index contributed by atoms with van der Waals surface area (Å²) in [7, 11) is 1.97. The molecule has 1 aliphatic heterocycles. The van der Waals surface area contributed by atoms with Crippen LogP contribution < -0.4 is 10.6 Å². The molecule has 0 radical (unpaired) electrons. The van der Waals surface area contributed by atoms with Gasteiger partial charge in [-0.1, -0.05) is 0 Å². The lowest BCUT2D eigenvalue weighted by Gasteiger charge is -2.19. The molecule has 0 aromatic carbocycles. The third-order valence-corrected chi connectivity index (χ3v) is 3.27. The van der Waals surface area contributed by atoms with E-state index in [1.165, 1.54) is 0 Å². The fraction of sp³-hybridized carbons (Fsp3) is 0.750. The highest BCUT2D eigenvalue weighted by atomic mass is 16.3. The molecular formula is C12H21N3O. The van der Waals surface area contributed by atoms with E-state index in [1.807, 2.05) is 13.3 Å². The van der Waals surface area contributed by atoms with E-state index in [2.05, 4.69) is 22.5 Å². The predicted octanol–water partition coefficient (Wildman–Crippen LogP) is 1.29. The molecular weight excluding hydrogens is 202 g/mol. The van der Waals surface area contributed by atoms with Gasteiger partial charge in [0.05, 0.1) is 5.69 Å². The first-order chi connectivity index (χ1) is 7.79. The van der Waals surface area contributed by atoms with Crippen LogP contribution in [0.5, 0.6) is 0 Å². The summed E-state index contributed by atoms with van der Waals surface area (Å²) < 4.78 is 5.58. The van der Waals surface area contributed by atoms with Crippen LogP contribution in [0.2, 0.25) is 0 Å². The largest absolute Gasteiger partial charge is 0.448 e. The zero-order valence-electron chi connectivity index (χ0n) is 10.1. The molecule has 4 nitrogen and oxygen atoms in total. The number of aromatic nitrogens is 1. The highest BCUT2D eigenvalue weighted by molar-refractivity contribution is 5.03. The third-order valence-electron chi connectivity index (χ3n) is 3.27. The monoisotopic (exact) mass is 223 g/mol. The second-order valence-electron chi connectivity index (χ2n) is 4.60. The van der Waals surface area contributed by atoms with Gasteiger partial charge in [0, 0.05) is 18.4 Å². The molecule has 0 aliphatic carbocycles. The molecule has 1 atom stereocenters. The minimum atomic E-state index is 0.450. The Balaban J connectivity index is 1.95. The molecule has 2 rings (SSSR count). The molecule has 1 unspecified atom stereocenters. The Morgan fingerprint density at radius 3 is 3.00 bits per heavy atom. The minimum absolute atomic E-state index is 0.450. The van der Waals surface area contributed by atoms with E-state index in [0.717, 1.165) is 43.9 Å². The molecule has 0 bridgehead atoms. The van der Waals surface area contributed by atoms with Crippen LogP contribution in [0.1, 0.15) is 37.3 Å².